The second kappa shape index (κ2) is 11.8. The van der Waals surface area contributed by atoms with Gasteiger partial charge >= 0.3 is 0 Å². The van der Waals surface area contributed by atoms with Crippen LogP contribution in [0.25, 0.3) is 49.7 Å². The van der Waals surface area contributed by atoms with E-state index in [4.69, 9.17) is 0 Å². The molecule has 0 saturated carbocycles. The smallest absolute Gasteiger partial charge is 0.101 e. The van der Waals surface area contributed by atoms with Crippen LogP contribution in [0.2, 0.25) is 0 Å². The molecule has 2 aliphatic carbocycles. The van der Waals surface area contributed by atoms with Gasteiger partial charge in [-0.3, -0.25) is 0 Å². The van der Waals surface area contributed by atoms with Crippen molar-refractivity contribution in [3.8, 4) is 46.1 Å². The minimum absolute atomic E-state index is 0.272. The van der Waals surface area contributed by atoms with E-state index in [1.807, 2.05) is 48.5 Å². The van der Waals surface area contributed by atoms with Gasteiger partial charge in [0.25, 0.3) is 0 Å². The van der Waals surface area contributed by atoms with Gasteiger partial charge in [0.05, 0.1) is 51.6 Å². The highest BCUT2D eigenvalue weighted by Gasteiger charge is 2.41. The largest absolute Gasteiger partial charge is 0.333 e. The fourth-order valence-electron chi connectivity index (χ4n) is 8.46. The monoisotopic (exact) mass is 641 g/mol. The molecule has 2 heterocycles. The number of rotatable bonds is 4. The maximum atomic E-state index is 10.3. The van der Waals surface area contributed by atoms with E-state index >= 15 is 0 Å². The minimum Gasteiger partial charge on any atom is -0.333 e. The summed E-state index contributed by atoms with van der Waals surface area (Å²) in [5.41, 5.74) is 12.7. The molecule has 0 fully saturated rings. The van der Waals surface area contributed by atoms with Crippen molar-refractivity contribution in [3.63, 3.8) is 0 Å². The minimum atomic E-state index is 0.272. The number of nitrogens with zero attached hydrogens (tertiary/aromatic N) is 5. The fourth-order valence-corrected chi connectivity index (χ4v) is 8.46. The van der Waals surface area contributed by atoms with Crippen molar-refractivity contribution in [2.24, 2.45) is 5.92 Å². The van der Waals surface area contributed by atoms with Crippen LogP contribution in [-0.2, 0) is 0 Å². The summed E-state index contributed by atoms with van der Waals surface area (Å²) in [5.74, 6) is 0.521. The Morgan fingerprint density at radius 3 is 2.18 bits per heavy atom. The molecule has 5 nitrogen and oxygen atoms in total. The number of fused-ring (bicyclic) bond motifs is 5. The van der Waals surface area contributed by atoms with Crippen LogP contribution in [0.5, 0.6) is 0 Å². The summed E-state index contributed by atoms with van der Waals surface area (Å²) >= 11 is 0. The van der Waals surface area contributed by atoms with Crippen molar-refractivity contribution in [1.29, 1.82) is 15.8 Å². The Morgan fingerprint density at radius 2 is 1.40 bits per heavy atom. The SMILES string of the molecule is N#Cc1ccc2c(c1)c1cccc(C#N)c1n2-c1ccc(-c2ccc(-c3c(C#N)cccc3N3C4=C(CCC=C4)C4CCC=CC43)cc2)cc1. The van der Waals surface area contributed by atoms with E-state index in [1.165, 1.54) is 12.1 Å². The normalized spacial score (nSPS) is 17.7. The highest BCUT2D eigenvalue weighted by molar-refractivity contribution is 6.11. The van der Waals surface area contributed by atoms with Crippen molar-refractivity contribution < 1.29 is 0 Å². The van der Waals surface area contributed by atoms with Crippen molar-refractivity contribution in [1.82, 2.24) is 4.57 Å². The number of para-hydroxylation sites is 1. The third-order valence-electron chi connectivity index (χ3n) is 10.7. The average molecular weight is 642 g/mol. The van der Waals surface area contributed by atoms with Gasteiger partial charge in [0, 0.05) is 33.6 Å². The molecule has 0 radical (unpaired) electrons. The summed E-state index contributed by atoms with van der Waals surface area (Å²) in [6.07, 6.45) is 13.8. The van der Waals surface area contributed by atoms with Gasteiger partial charge in [-0.05, 0) is 103 Å². The number of aromatic nitrogens is 1. The number of hydrogen-bond donors (Lipinski definition) is 0. The molecular weight excluding hydrogens is 611 g/mol. The molecule has 236 valence electrons. The molecule has 3 aliphatic rings. The number of benzene rings is 5. The third-order valence-corrected chi connectivity index (χ3v) is 10.7. The number of allylic oxidation sites excluding steroid dienone is 3. The van der Waals surface area contributed by atoms with Crippen LogP contribution >= 0.6 is 0 Å². The summed E-state index contributed by atoms with van der Waals surface area (Å²) in [6.45, 7) is 0. The number of anilines is 1. The van der Waals surface area contributed by atoms with E-state index in [0.29, 0.717) is 22.6 Å². The molecule has 0 amide bonds. The summed E-state index contributed by atoms with van der Waals surface area (Å²) in [7, 11) is 0. The zero-order valence-electron chi connectivity index (χ0n) is 27.3. The zero-order valence-corrected chi connectivity index (χ0v) is 27.3. The molecule has 5 aromatic carbocycles. The Labute approximate surface area is 291 Å². The standard InChI is InChI=1S/C45H31N5/c46-26-29-15-24-42-39(25-29)38-11-5-8-34(28-48)45(38)49(42)35-22-20-31(21-23-35)30-16-18-32(19-17-30)44-33(27-47)7-6-14-43(44)50-40-12-3-1-9-36(40)37-10-2-4-13-41(37)50/h3-8,11-25,36,40H,1-2,9-10H2. The zero-order chi connectivity index (χ0) is 33.8. The summed E-state index contributed by atoms with van der Waals surface area (Å²) in [6, 6.07) is 41.9. The highest BCUT2D eigenvalue weighted by atomic mass is 15.2. The van der Waals surface area contributed by atoms with E-state index in [0.717, 1.165) is 74.7 Å². The van der Waals surface area contributed by atoms with Crippen molar-refractivity contribution >= 4 is 27.5 Å². The van der Waals surface area contributed by atoms with Crippen LogP contribution < -0.4 is 4.90 Å². The molecule has 1 aromatic heterocycles. The van der Waals surface area contributed by atoms with Crippen LogP contribution in [0.4, 0.5) is 5.69 Å². The lowest BCUT2D eigenvalue weighted by Gasteiger charge is -2.33. The van der Waals surface area contributed by atoms with Crippen molar-refractivity contribution in [2.45, 2.75) is 31.7 Å². The predicted molar refractivity (Wildman–Crippen MR) is 199 cm³/mol. The average Bonchev–Trinajstić information content (AvgIpc) is 3.70. The first-order chi connectivity index (χ1) is 24.7. The van der Waals surface area contributed by atoms with Gasteiger partial charge in [-0.25, -0.2) is 0 Å². The molecule has 50 heavy (non-hydrogen) atoms. The Balaban J connectivity index is 1.10. The first-order valence-electron chi connectivity index (χ1n) is 17.2. The molecule has 1 aliphatic heterocycles. The summed E-state index contributed by atoms with van der Waals surface area (Å²) in [5, 5.41) is 31.7. The molecule has 2 atom stereocenters. The van der Waals surface area contributed by atoms with E-state index < -0.39 is 0 Å². The Hall–Kier alpha value is -6.61. The molecule has 0 saturated heterocycles. The van der Waals surface area contributed by atoms with Crippen LogP contribution in [0.3, 0.4) is 0 Å². The molecule has 0 bridgehead atoms. The fraction of sp³-hybridized carbons (Fsp3) is 0.133. The Morgan fingerprint density at radius 1 is 0.660 bits per heavy atom. The molecular formula is C45H31N5. The quantitative estimate of drug-likeness (QED) is 0.179. The van der Waals surface area contributed by atoms with Crippen molar-refractivity contribution in [3.05, 3.63) is 155 Å². The second-order valence-corrected chi connectivity index (χ2v) is 13.3. The number of hydrogen-bond acceptors (Lipinski definition) is 4. The molecule has 5 heteroatoms. The van der Waals surface area contributed by atoms with Gasteiger partial charge in [0.2, 0.25) is 0 Å². The molecule has 0 N–H and O–H groups in total. The van der Waals surface area contributed by atoms with E-state index in [-0.39, 0.29) is 6.04 Å². The predicted octanol–water partition coefficient (Wildman–Crippen LogP) is 10.5. The Bertz CT molecular complexity index is 2580. The van der Waals surface area contributed by atoms with Gasteiger partial charge in [0.15, 0.2) is 0 Å². The molecule has 9 rings (SSSR count). The summed E-state index contributed by atoms with van der Waals surface area (Å²) < 4.78 is 2.12. The third kappa shape index (κ3) is 4.51. The Kier molecular flexibility index (Phi) is 6.98. The number of nitriles is 3. The van der Waals surface area contributed by atoms with Crippen LogP contribution in [-0.4, -0.2) is 10.6 Å². The lowest BCUT2D eigenvalue weighted by atomic mass is 9.83. The van der Waals surface area contributed by atoms with Gasteiger partial charge in [-0.1, -0.05) is 72.8 Å². The maximum Gasteiger partial charge on any atom is 0.101 e. The van der Waals surface area contributed by atoms with E-state index in [9.17, 15) is 15.8 Å². The van der Waals surface area contributed by atoms with Crippen molar-refractivity contribution in [2.75, 3.05) is 4.90 Å². The maximum absolute atomic E-state index is 10.3. The van der Waals surface area contributed by atoms with Crippen LogP contribution in [0.15, 0.2) is 139 Å². The van der Waals surface area contributed by atoms with Gasteiger partial charge in [-0.2, -0.15) is 15.8 Å². The van der Waals surface area contributed by atoms with E-state index in [1.54, 1.807) is 5.57 Å². The van der Waals surface area contributed by atoms with Crippen LogP contribution in [0, 0.1) is 39.9 Å². The lowest BCUT2D eigenvalue weighted by molar-refractivity contribution is 0.501. The second-order valence-electron chi connectivity index (χ2n) is 13.3. The van der Waals surface area contributed by atoms with Gasteiger partial charge < -0.3 is 9.47 Å². The topological polar surface area (TPSA) is 79.5 Å². The summed E-state index contributed by atoms with van der Waals surface area (Å²) in [4.78, 5) is 2.49. The van der Waals surface area contributed by atoms with Crippen LogP contribution in [0.1, 0.15) is 42.4 Å². The van der Waals surface area contributed by atoms with Gasteiger partial charge in [0.1, 0.15) is 6.07 Å². The first-order valence-corrected chi connectivity index (χ1v) is 17.2. The van der Waals surface area contributed by atoms with Gasteiger partial charge in [-0.15, -0.1) is 0 Å². The lowest BCUT2D eigenvalue weighted by Crippen LogP contribution is -2.34. The highest BCUT2D eigenvalue weighted by Crippen LogP contribution is 2.49. The first kappa shape index (κ1) is 29.5. The molecule has 0 spiro atoms. The molecule has 6 aromatic rings. The van der Waals surface area contributed by atoms with E-state index in [2.05, 4.69) is 107 Å². The molecule has 2 unspecified atom stereocenters.